The van der Waals surface area contributed by atoms with Crippen LogP contribution in [0.4, 0.5) is 4.39 Å². The monoisotopic (exact) mass is 275 g/mol. The third kappa shape index (κ3) is 3.82. The molecule has 0 bridgehead atoms. The van der Waals surface area contributed by atoms with Crippen LogP contribution in [-0.2, 0) is 6.54 Å². The average molecular weight is 275 g/mol. The highest BCUT2D eigenvalue weighted by Crippen LogP contribution is 2.25. The van der Waals surface area contributed by atoms with Crippen molar-refractivity contribution in [1.29, 1.82) is 0 Å². The fourth-order valence-corrected chi connectivity index (χ4v) is 2.95. The number of hydrogen-bond acceptors (Lipinski definition) is 2. The Balaban J connectivity index is 2.17. The highest BCUT2D eigenvalue weighted by molar-refractivity contribution is 5.37. The van der Waals surface area contributed by atoms with E-state index in [1.165, 1.54) is 25.3 Å². The van der Waals surface area contributed by atoms with E-state index in [1.807, 2.05) is 6.07 Å². The van der Waals surface area contributed by atoms with Gasteiger partial charge in [0.2, 0.25) is 0 Å². The summed E-state index contributed by atoms with van der Waals surface area (Å²) in [7, 11) is 0. The lowest BCUT2D eigenvalue weighted by Gasteiger charge is -2.39. The van der Waals surface area contributed by atoms with Gasteiger partial charge in [0.25, 0.3) is 0 Å². The molecule has 2 rings (SSSR count). The van der Waals surface area contributed by atoms with Crippen LogP contribution in [0.2, 0.25) is 0 Å². The van der Waals surface area contributed by atoms with Crippen molar-refractivity contribution in [2.45, 2.75) is 51.7 Å². The summed E-state index contributed by atoms with van der Waals surface area (Å²) >= 11 is 0. The van der Waals surface area contributed by atoms with Crippen LogP contribution in [0.5, 0.6) is 0 Å². The largest absolute Gasteiger partial charge is 0.384 e. The van der Waals surface area contributed by atoms with Gasteiger partial charge >= 0.3 is 0 Å². The summed E-state index contributed by atoms with van der Waals surface area (Å²) in [6.07, 6.45) is 3.68. The standard InChI is InChI=1S/C17H22FNO/c1-13-5-3-6-14(2)19(13)12-16-9-15(7-4-8-20)10-17(18)11-16/h9-11,13-14,20H,3,5-6,8,12H2,1-2H3. The van der Waals surface area contributed by atoms with Crippen LogP contribution >= 0.6 is 0 Å². The average Bonchev–Trinajstić information content (AvgIpc) is 2.40. The highest BCUT2D eigenvalue weighted by atomic mass is 19.1. The van der Waals surface area contributed by atoms with E-state index in [2.05, 4.69) is 30.6 Å². The summed E-state index contributed by atoms with van der Waals surface area (Å²) in [5, 5.41) is 8.72. The van der Waals surface area contributed by atoms with Crippen LogP contribution < -0.4 is 0 Å². The molecular formula is C17H22FNO. The van der Waals surface area contributed by atoms with Gasteiger partial charge in [-0.15, -0.1) is 0 Å². The molecule has 0 aliphatic carbocycles. The summed E-state index contributed by atoms with van der Waals surface area (Å²) in [6.45, 7) is 5.03. The van der Waals surface area contributed by atoms with Crippen molar-refractivity contribution >= 4 is 0 Å². The maximum absolute atomic E-state index is 13.7. The van der Waals surface area contributed by atoms with Crippen molar-refractivity contribution in [2.24, 2.45) is 0 Å². The molecule has 0 spiro atoms. The molecule has 0 saturated carbocycles. The minimum atomic E-state index is -0.262. The summed E-state index contributed by atoms with van der Waals surface area (Å²) in [4.78, 5) is 2.43. The minimum absolute atomic E-state index is 0.202. The Morgan fingerprint density at radius 1 is 1.25 bits per heavy atom. The number of likely N-dealkylation sites (tertiary alicyclic amines) is 1. The van der Waals surface area contributed by atoms with E-state index in [0.29, 0.717) is 17.6 Å². The Morgan fingerprint density at radius 2 is 1.95 bits per heavy atom. The molecule has 3 heteroatoms. The maximum Gasteiger partial charge on any atom is 0.124 e. The van der Waals surface area contributed by atoms with Gasteiger partial charge < -0.3 is 5.11 Å². The summed E-state index contributed by atoms with van der Waals surface area (Å²) in [5.74, 6) is 5.08. The van der Waals surface area contributed by atoms with Crippen molar-refractivity contribution in [3.05, 3.63) is 35.1 Å². The molecule has 2 nitrogen and oxygen atoms in total. The molecule has 0 radical (unpaired) electrons. The van der Waals surface area contributed by atoms with E-state index in [1.54, 1.807) is 6.07 Å². The SMILES string of the molecule is CC1CCCC(C)N1Cc1cc(F)cc(C#CCO)c1. The molecule has 1 aliphatic rings. The fourth-order valence-electron chi connectivity index (χ4n) is 2.95. The zero-order chi connectivity index (χ0) is 14.5. The smallest absolute Gasteiger partial charge is 0.124 e. The van der Waals surface area contributed by atoms with Crippen LogP contribution in [0.15, 0.2) is 18.2 Å². The van der Waals surface area contributed by atoms with Gasteiger partial charge in [0.05, 0.1) is 0 Å². The number of aliphatic hydroxyl groups is 1. The Kier molecular flexibility index (Phi) is 5.17. The van der Waals surface area contributed by atoms with Crippen LogP contribution in [0.3, 0.4) is 0 Å². The van der Waals surface area contributed by atoms with Gasteiger partial charge in [-0.2, -0.15) is 0 Å². The summed E-state index contributed by atoms with van der Waals surface area (Å²) in [6, 6.07) is 5.98. The lowest BCUT2D eigenvalue weighted by molar-refractivity contribution is 0.0951. The Hall–Kier alpha value is -1.37. The summed E-state index contributed by atoms with van der Waals surface area (Å²) < 4.78 is 13.7. The molecular weight excluding hydrogens is 253 g/mol. The molecule has 1 saturated heterocycles. The first-order valence-electron chi connectivity index (χ1n) is 7.25. The number of benzene rings is 1. The van der Waals surface area contributed by atoms with Gasteiger partial charge in [-0.3, -0.25) is 4.90 Å². The Labute approximate surface area is 120 Å². The van der Waals surface area contributed by atoms with E-state index in [-0.39, 0.29) is 12.4 Å². The first kappa shape index (κ1) is 15.0. The molecule has 1 fully saturated rings. The second kappa shape index (κ2) is 6.88. The van der Waals surface area contributed by atoms with Crippen LogP contribution in [0.1, 0.15) is 44.2 Å². The Morgan fingerprint density at radius 3 is 2.60 bits per heavy atom. The van der Waals surface area contributed by atoms with Gasteiger partial charge in [-0.05, 0) is 50.5 Å². The first-order valence-corrected chi connectivity index (χ1v) is 7.25. The van der Waals surface area contributed by atoms with Crippen LogP contribution in [0, 0.1) is 17.7 Å². The van der Waals surface area contributed by atoms with Crippen molar-refractivity contribution in [2.75, 3.05) is 6.61 Å². The lowest BCUT2D eigenvalue weighted by atomic mass is 9.96. The lowest BCUT2D eigenvalue weighted by Crippen LogP contribution is -2.42. The predicted molar refractivity (Wildman–Crippen MR) is 78.7 cm³/mol. The third-order valence-corrected chi connectivity index (χ3v) is 4.01. The number of hydrogen-bond donors (Lipinski definition) is 1. The third-order valence-electron chi connectivity index (χ3n) is 4.01. The normalized spacial score (nSPS) is 23.2. The van der Waals surface area contributed by atoms with Gasteiger partial charge in [-0.1, -0.05) is 18.3 Å². The van der Waals surface area contributed by atoms with Gasteiger partial charge in [0.15, 0.2) is 0 Å². The van der Waals surface area contributed by atoms with E-state index >= 15 is 0 Å². The molecule has 108 valence electrons. The first-order chi connectivity index (χ1) is 9.60. The molecule has 20 heavy (non-hydrogen) atoms. The van der Waals surface area contributed by atoms with Crippen molar-refractivity contribution < 1.29 is 9.50 Å². The molecule has 1 aliphatic heterocycles. The van der Waals surface area contributed by atoms with Crippen LogP contribution in [-0.4, -0.2) is 28.7 Å². The van der Waals surface area contributed by atoms with Gasteiger partial charge in [0.1, 0.15) is 12.4 Å². The quantitative estimate of drug-likeness (QED) is 0.839. The number of nitrogens with zero attached hydrogens (tertiary/aromatic N) is 1. The topological polar surface area (TPSA) is 23.5 Å². The second-order valence-corrected chi connectivity index (χ2v) is 5.61. The predicted octanol–water partition coefficient (Wildman–Crippen LogP) is 2.93. The van der Waals surface area contributed by atoms with Gasteiger partial charge in [-0.25, -0.2) is 4.39 Å². The van der Waals surface area contributed by atoms with Crippen LogP contribution in [0.25, 0.3) is 0 Å². The van der Waals surface area contributed by atoms with Crippen molar-refractivity contribution in [1.82, 2.24) is 4.90 Å². The highest BCUT2D eigenvalue weighted by Gasteiger charge is 2.24. The molecule has 1 heterocycles. The maximum atomic E-state index is 13.7. The molecule has 0 amide bonds. The molecule has 0 aromatic heterocycles. The molecule has 2 unspecified atom stereocenters. The molecule has 1 N–H and O–H groups in total. The Bertz CT molecular complexity index is 507. The number of aliphatic hydroxyl groups excluding tert-OH is 1. The zero-order valence-corrected chi connectivity index (χ0v) is 12.2. The number of halogens is 1. The molecule has 1 aromatic carbocycles. The molecule has 1 aromatic rings. The van der Waals surface area contributed by atoms with E-state index in [9.17, 15) is 4.39 Å². The summed E-state index contributed by atoms with van der Waals surface area (Å²) in [5.41, 5.74) is 1.58. The second-order valence-electron chi connectivity index (χ2n) is 5.61. The number of rotatable bonds is 2. The van der Waals surface area contributed by atoms with E-state index in [0.717, 1.165) is 12.1 Å². The van der Waals surface area contributed by atoms with Gasteiger partial charge in [0, 0.05) is 24.2 Å². The van der Waals surface area contributed by atoms with E-state index in [4.69, 9.17) is 5.11 Å². The van der Waals surface area contributed by atoms with Crippen molar-refractivity contribution in [3.63, 3.8) is 0 Å². The minimum Gasteiger partial charge on any atom is -0.384 e. The fraction of sp³-hybridized carbons (Fsp3) is 0.529. The molecule has 2 atom stereocenters. The van der Waals surface area contributed by atoms with E-state index < -0.39 is 0 Å². The zero-order valence-electron chi connectivity index (χ0n) is 12.2. The van der Waals surface area contributed by atoms with Crippen molar-refractivity contribution in [3.8, 4) is 11.8 Å². The number of piperidine rings is 1.